The summed E-state index contributed by atoms with van der Waals surface area (Å²) in [7, 11) is -3.79. The van der Waals surface area contributed by atoms with E-state index in [-0.39, 0.29) is 10.7 Å². The topological polar surface area (TPSA) is 96.0 Å². The molecule has 0 bridgehead atoms. The van der Waals surface area contributed by atoms with Crippen LogP contribution in [0.5, 0.6) is 0 Å². The Bertz CT molecular complexity index is 805. The molecule has 1 aromatic carbocycles. The number of thiocyanates is 1. The average molecular weight is 388 g/mol. The maximum atomic E-state index is 12.4. The third-order valence-corrected chi connectivity index (χ3v) is 5.43. The molecule has 0 atom stereocenters. The highest BCUT2D eigenvalue weighted by atomic mass is 79.9. The zero-order valence-electron chi connectivity index (χ0n) is 11.0. The number of hydrogen-bond acceptors (Lipinski definition) is 6. The number of sulfonamides is 1. The second kappa shape index (κ2) is 6.09. The number of nitrogens with zero attached hydrogens (tertiary/aromatic N) is 2. The van der Waals surface area contributed by atoms with Crippen LogP contribution in [0.4, 0.5) is 5.69 Å². The van der Waals surface area contributed by atoms with E-state index in [2.05, 4.69) is 25.8 Å². The Kier molecular flexibility index (Phi) is 4.61. The van der Waals surface area contributed by atoms with Crippen LogP contribution in [0.2, 0.25) is 0 Å². The van der Waals surface area contributed by atoms with E-state index >= 15 is 0 Å². The highest BCUT2D eigenvalue weighted by Gasteiger charge is 2.24. The molecule has 0 aliphatic carbocycles. The SMILES string of the molecule is Cc1noc(C)c1S(=O)(=O)Nc1ccc(SC#N)cc1Br. The molecule has 0 aliphatic rings. The highest BCUT2D eigenvalue weighted by molar-refractivity contribution is 9.10. The van der Waals surface area contributed by atoms with Gasteiger partial charge < -0.3 is 4.52 Å². The summed E-state index contributed by atoms with van der Waals surface area (Å²) in [6.45, 7) is 3.10. The Labute approximate surface area is 134 Å². The molecule has 0 fully saturated rings. The Balaban J connectivity index is 2.36. The van der Waals surface area contributed by atoms with Gasteiger partial charge in [-0.25, -0.2) is 8.42 Å². The Hall–Kier alpha value is -1.50. The summed E-state index contributed by atoms with van der Waals surface area (Å²) in [6, 6.07) is 4.91. The number of rotatable bonds is 4. The number of anilines is 1. The zero-order chi connectivity index (χ0) is 15.6. The van der Waals surface area contributed by atoms with Gasteiger partial charge in [-0.2, -0.15) is 5.26 Å². The lowest BCUT2D eigenvalue weighted by Gasteiger charge is -2.10. The van der Waals surface area contributed by atoms with E-state index < -0.39 is 10.0 Å². The summed E-state index contributed by atoms with van der Waals surface area (Å²) in [5.74, 6) is 0.229. The second-order valence-corrected chi connectivity index (χ2v) is 7.43. The Morgan fingerprint density at radius 3 is 2.67 bits per heavy atom. The Morgan fingerprint density at radius 2 is 2.14 bits per heavy atom. The van der Waals surface area contributed by atoms with Gasteiger partial charge in [0.15, 0.2) is 10.7 Å². The molecule has 0 unspecified atom stereocenters. The van der Waals surface area contributed by atoms with E-state index in [9.17, 15) is 8.42 Å². The first-order valence-corrected chi connectivity index (χ1v) is 8.75. The number of benzene rings is 1. The summed E-state index contributed by atoms with van der Waals surface area (Å²) < 4.78 is 32.6. The quantitative estimate of drug-likeness (QED) is 0.637. The smallest absolute Gasteiger partial charge is 0.267 e. The minimum Gasteiger partial charge on any atom is -0.360 e. The van der Waals surface area contributed by atoms with E-state index in [1.165, 1.54) is 6.92 Å². The molecule has 2 rings (SSSR count). The van der Waals surface area contributed by atoms with Gasteiger partial charge in [0.05, 0.1) is 5.69 Å². The van der Waals surface area contributed by atoms with Gasteiger partial charge >= 0.3 is 0 Å². The molecule has 6 nitrogen and oxygen atoms in total. The van der Waals surface area contributed by atoms with E-state index in [0.29, 0.717) is 20.7 Å². The number of halogens is 1. The predicted molar refractivity (Wildman–Crippen MR) is 82.4 cm³/mol. The van der Waals surface area contributed by atoms with Crippen LogP contribution in [-0.2, 0) is 10.0 Å². The summed E-state index contributed by atoms with van der Waals surface area (Å²) in [6.07, 6.45) is 0. The molecule has 0 saturated heterocycles. The summed E-state index contributed by atoms with van der Waals surface area (Å²) >= 11 is 4.27. The minimum absolute atomic E-state index is 0.0323. The monoisotopic (exact) mass is 387 g/mol. The van der Waals surface area contributed by atoms with Crippen LogP contribution >= 0.6 is 27.7 Å². The first-order chi connectivity index (χ1) is 9.85. The molecule has 0 saturated carbocycles. The fourth-order valence-corrected chi connectivity index (χ4v) is 4.34. The summed E-state index contributed by atoms with van der Waals surface area (Å²) in [5.41, 5.74) is 0.671. The van der Waals surface area contributed by atoms with Crippen molar-refractivity contribution in [1.82, 2.24) is 5.16 Å². The third-order valence-electron chi connectivity index (χ3n) is 2.58. The van der Waals surface area contributed by atoms with Crippen LogP contribution in [0.15, 0.2) is 37.0 Å². The molecule has 0 radical (unpaired) electrons. The van der Waals surface area contributed by atoms with Crippen molar-refractivity contribution < 1.29 is 12.9 Å². The van der Waals surface area contributed by atoms with Gasteiger partial charge in [0, 0.05) is 9.37 Å². The maximum absolute atomic E-state index is 12.4. The average Bonchev–Trinajstić information content (AvgIpc) is 2.73. The van der Waals surface area contributed by atoms with Gasteiger partial charge in [-0.05, 0) is 59.7 Å². The summed E-state index contributed by atoms with van der Waals surface area (Å²) in [4.78, 5) is 0.745. The van der Waals surface area contributed by atoms with Crippen molar-refractivity contribution in [3.8, 4) is 5.40 Å². The largest absolute Gasteiger partial charge is 0.360 e. The Morgan fingerprint density at radius 1 is 1.43 bits per heavy atom. The number of nitrogens with one attached hydrogen (secondary N) is 1. The van der Waals surface area contributed by atoms with Crippen LogP contribution in [-0.4, -0.2) is 13.6 Å². The van der Waals surface area contributed by atoms with Gasteiger partial charge in [-0.3, -0.25) is 4.72 Å². The highest BCUT2D eigenvalue weighted by Crippen LogP contribution is 2.30. The van der Waals surface area contributed by atoms with Crippen LogP contribution in [0.3, 0.4) is 0 Å². The van der Waals surface area contributed by atoms with Crippen molar-refractivity contribution in [2.75, 3.05) is 4.72 Å². The minimum atomic E-state index is -3.79. The molecule has 1 aromatic heterocycles. The molecule has 21 heavy (non-hydrogen) atoms. The number of nitriles is 1. The van der Waals surface area contributed by atoms with Crippen molar-refractivity contribution >= 4 is 43.4 Å². The predicted octanol–water partition coefficient (Wildman–Crippen LogP) is 3.43. The third kappa shape index (κ3) is 3.40. The normalized spacial score (nSPS) is 11.1. The van der Waals surface area contributed by atoms with Gasteiger partial charge in [0.2, 0.25) is 0 Å². The lowest BCUT2D eigenvalue weighted by atomic mass is 10.3. The molecular weight excluding hydrogens is 378 g/mol. The lowest BCUT2D eigenvalue weighted by molar-refractivity contribution is 0.390. The van der Waals surface area contributed by atoms with E-state index in [4.69, 9.17) is 9.78 Å². The van der Waals surface area contributed by atoms with Crippen molar-refractivity contribution in [2.24, 2.45) is 0 Å². The van der Waals surface area contributed by atoms with E-state index in [1.54, 1.807) is 25.1 Å². The molecule has 9 heteroatoms. The van der Waals surface area contributed by atoms with Crippen LogP contribution < -0.4 is 4.72 Å². The molecule has 1 N–H and O–H groups in total. The lowest BCUT2D eigenvalue weighted by Crippen LogP contribution is -2.14. The standard InChI is InChI=1S/C12H10BrN3O3S2/c1-7-12(8(2)19-15-7)21(17,18)16-11-4-3-9(20-6-14)5-10(11)13/h3-5,16H,1-2H3. The van der Waals surface area contributed by atoms with Gasteiger partial charge in [-0.1, -0.05) is 5.16 Å². The number of aromatic nitrogens is 1. The first-order valence-electron chi connectivity index (χ1n) is 5.66. The maximum Gasteiger partial charge on any atom is 0.267 e. The fourth-order valence-electron chi connectivity index (χ4n) is 1.75. The van der Waals surface area contributed by atoms with Gasteiger partial charge in [0.1, 0.15) is 11.1 Å². The van der Waals surface area contributed by atoms with Crippen LogP contribution in [0.25, 0.3) is 0 Å². The van der Waals surface area contributed by atoms with E-state index in [1.807, 2.05) is 5.40 Å². The molecule has 0 aliphatic heterocycles. The molecule has 0 spiro atoms. The van der Waals surface area contributed by atoms with Crippen molar-refractivity contribution in [3.05, 3.63) is 34.1 Å². The first kappa shape index (κ1) is 15.9. The number of thioether (sulfide) groups is 1. The zero-order valence-corrected chi connectivity index (χ0v) is 14.3. The van der Waals surface area contributed by atoms with Crippen molar-refractivity contribution in [1.29, 1.82) is 5.26 Å². The van der Waals surface area contributed by atoms with Crippen molar-refractivity contribution in [2.45, 2.75) is 23.6 Å². The number of aryl methyl sites for hydroxylation is 2. The molecule has 0 amide bonds. The summed E-state index contributed by atoms with van der Waals surface area (Å²) in [5, 5.41) is 14.2. The molecule has 1 heterocycles. The molecule has 110 valence electrons. The van der Waals surface area contributed by atoms with Crippen LogP contribution in [0, 0.1) is 24.5 Å². The van der Waals surface area contributed by atoms with Crippen LogP contribution in [0.1, 0.15) is 11.5 Å². The van der Waals surface area contributed by atoms with Gasteiger partial charge in [-0.15, -0.1) is 0 Å². The van der Waals surface area contributed by atoms with E-state index in [0.717, 1.165) is 11.8 Å². The fraction of sp³-hybridized carbons (Fsp3) is 0.167. The molecular formula is C12H10BrN3O3S2. The second-order valence-electron chi connectivity index (χ2n) is 4.09. The number of hydrogen-bond donors (Lipinski definition) is 1. The molecule has 2 aromatic rings. The van der Waals surface area contributed by atoms with Crippen molar-refractivity contribution in [3.63, 3.8) is 0 Å². The van der Waals surface area contributed by atoms with Gasteiger partial charge in [0.25, 0.3) is 10.0 Å².